The van der Waals surface area contributed by atoms with Gasteiger partial charge in [-0.15, -0.1) is 11.3 Å². The summed E-state index contributed by atoms with van der Waals surface area (Å²) in [5.74, 6) is 0.489. The van der Waals surface area contributed by atoms with E-state index in [1.54, 1.807) is 13.1 Å². The second-order valence-electron chi connectivity index (χ2n) is 5.14. The van der Waals surface area contributed by atoms with Crippen molar-refractivity contribution in [2.24, 2.45) is 5.92 Å². The van der Waals surface area contributed by atoms with Crippen LogP contribution in [0.4, 0.5) is 0 Å². The van der Waals surface area contributed by atoms with E-state index in [1.807, 2.05) is 6.92 Å². The number of nitrogens with one attached hydrogen (secondary N) is 1. The molecule has 0 saturated heterocycles. The summed E-state index contributed by atoms with van der Waals surface area (Å²) in [5.41, 5.74) is 0. The van der Waals surface area contributed by atoms with Crippen LogP contribution in [-0.4, -0.2) is 32.9 Å². The van der Waals surface area contributed by atoms with Gasteiger partial charge in [0.2, 0.25) is 10.0 Å². The number of halogens is 1. The van der Waals surface area contributed by atoms with Gasteiger partial charge in [-0.2, -0.15) is 0 Å². The van der Waals surface area contributed by atoms with Gasteiger partial charge in [-0.25, -0.2) is 12.7 Å². The lowest BCUT2D eigenvalue weighted by atomic mass is 10.1. The second kappa shape index (κ2) is 7.89. The lowest BCUT2D eigenvalue weighted by molar-refractivity contribution is 0.428. The molecule has 0 bridgehead atoms. The standard InChI is InChI=1S/C13H23BrN2O2S2/c1-5-15-9-11-8-12(13(14)19-11)20(17,18)16(4)7-6-10(2)3/h8,10,15H,5-7,9H2,1-4H3. The van der Waals surface area contributed by atoms with Crippen LogP contribution in [0.1, 0.15) is 32.1 Å². The van der Waals surface area contributed by atoms with Crippen LogP contribution >= 0.6 is 27.3 Å². The highest BCUT2D eigenvalue weighted by Gasteiger charge is 2.25. The molecule has 1 rings (SSSR count). The van der Waals surface area contributed by atoms with E-state index < -0.39 is 10.0 Å². The number of nitrogens with zero attached hydrogens (tertiary/aromatic N) is 1. The fraction of sp³-hybridized carbons (Fsp3) is 0.692. The Labute approximate surface area is 134 Å². The highest BCUT2D eigenvalue weighted by atomic mass is 79.9. The topological polar surface area (TPSA) is 49.4 Å². The van der Waals surface area contributed by atoms with E-state index in [-0.39, 0.29) is 0 Å². The van der Waals surface area contributed by atoms with Crippen LogP contribution in [0.3, 0.4) is 0 Å². The fourth-order valence-corrected chi connectivity index (χ4v) is 5.42. The fourth-order valence-electron chi connectivity index (χ4n) is 1.64. The molecule has 0 unspecified atom stereocenters. The van der Waals surface area contributed by atoms with Crippen molar-refractivity contribution in [2.45, 2.75) is 38.6 Å². The van der Waals surface area contributed by atoms with Crippen LogP contribution in [0.25, 0.3) is 0 Å². The van der Waals surface area contributed by atoms with Gasteiger partial charge < -0.3 is 5.32 Å². The summed E-state index contributed by atoms with van der Waals surface area (Å²) in [4.78, 5) is 1.40. The average Bonchev–Trinajstić information content (AvgIpc) is 2.75. The van der Waals surface area contributed by atoms with Crippen molar-refractivity contribution in [1.82, 2.24) is 9.62 Å². The maximum atomic E-state index is 12.5. The normalized spacial score (nSPS) is 12.6. The van der Waals surface area contributed by atoms with E-state index in [0.29, 0.717) is 27.7 Å². The zero-order valence-corrected chi connectivity index (χ0v) is 15.7. The van der Waals surface area contributed by atoms with E-state index in [9.17, 15) is 8.42 Å². The Bertz CT molecular complexity index is 526. The van der Waals surface area contributed by atoms with Gasteiger partial charge >= 0.3 is 0 Å². The highest BCUT2D eigenvalue weighted by molar-refractivity contribution is 9.11. The van der Waals surface area contributed by atoms with Crippen LogP contribution in [0.5, 0.6) is 0 Å². The molecule has 0 aliphatic heterocycles. The molecule has 7 heteroatoms. The molecule has 1 N–H and O–H groups in total. The minimum atomic E-state index is -3.40. The number of hydrogen-bond acceptors (Lipinski definition) is 4. The first-order chi connectivity index (χ1) is 9.28. The predicted octanol–water partition coefficient (Wildman–Crippen LogP) is 3.29. The monoisotopic (exact) mass is 382 g/mol. The van der Waals surface area contributed by atoms with Crippen molar-refractivity contribution in [3.05, 3.63) is 14.7 Å². The Morgan fingerprint density at radius 3 is 2.65 bits per heavy atom. The molecule has 4 nitrogen and oxygen atoms in total. The number of rotatable bonds is 8. The largest absolute Gasteiger partial charge is 0.312 e. The maximum absolute atomic E-state index is 12.5. The number of hydrogen-bond donors (Lipinski definition) is 1. The van der Waals surface area contributed by atoms with Gasteiger partial charge in [-0.3, -0.25) is 0 Å². The molecule has 116 valence electrons. The van der Waals surface area contributed by atoms with E-state index in [4.69, 9.17) is 0 Å². The van der Waals surface area contributed by atoms with Crippen molar-refractivity contribution in [1.29, 1.82) is 0 Å². The van der Waals surface area contributed by atoms with Crippen LogP contribution in [-0.2, 0) is 16.6 Å². The molecule has 0 amide bonds. The molecule has 20 heavy (non-hydrogen) atoms. The van der Waals surface area contributed by atoms with Crippen molar-refractivity contribution < 1.29 is 8.42 Å². The summed E-state index contributed by atoms with van der Waals surface area (Å²) in [5, 5.41) is 3.21. The zero-order chi connectivity index (χ0) is 15.3. The lowest BCUT2D eigenvalue weighted by Crippen LogP contribution is -2.28. The summed E-state index contributed by atoms with van der Waals surface area (Å²) in [6, 6.07) is 1.76. The first-order valence-electron chi connectivity index (χ1n) is 6.74. The zero-order valence-electron chi connectivity index (χ0n) is 12.4. The molecular formula is C13H23BrN2O2S2. The number of thiophene rings is 1. The quantitative estimate of drug-likeness (QED) is 0.750. The first kappa shape index (κ1) is 18.1. The SMILES string of the molecule is CCNCc1cc(S(=O)(=O)N(C)CCC(C)C)c(Br)s1. The molecule has 1 aromatic rings. The summed E-state index contributed by atoms with van der Waals surface area (Å²) < 4.78 is 27.2. The molecule has 0 atom stereocenters. The van der Waals surface area contributed by atoms with Crippen molar-refractivity contribution in [2.75, 3.05) is 20.1 Å². The lowest BCUT2D eigenvalue weighted by Gasteiger charge is -2.17. The van der Waals surface area contributed by atoms with Crippen molar-refractivity contribution in [3.8, 4) is 0 Å². The molecule has 1 aromatic heterocycles. The Kier molecular flexibility index (Phi) is 7.14. The molecule has 1 heterocycles. The van der Waals surface area contributed by atoms with E-state index in [0.717, 1.165) is 17.8 Å². The van der Waals surface area contributed by atoms with Crippen molar-refractivity contribution in [3.63, 3.8) is 0 Å². The van der Waals surface area contributed by atoms with Gasteiger partial charge in [0.05, 0.1) is 3.79 Å². The molecule has 0 spiro atoms. The Hall–Kier alpha value is 0.0500. The number of sulfonamides is 1. The van der Waals surface area contributed by atoms with Gasteiger partial charge in [0.1, 0.15) is 4.90 Å². The molecule has 0 saturated carbocycles. The average molecular weight is 383 g/mol. The van der Waals surface area contributed by atoms with Gasteiger partial charge in [-0.05, 0) is 40.9 Å². The predicted molar refractivity (Wildman–Crippen MR) is 88.7 cm³/mol. The van der Waals surface area contributed by atoms with Crippen molar-refractivity contribution >= 4 is 37.3 Å². The highest BCUT2D eigenvalue weighted by Crippen LogP contribution is 2.33. The first-order valence-corrected chi connectivity index (χ1v) is 9.79. The van der Waals surface area contributed by atoms with Gasteiger partial charge in [0.15, 0.2) is 0 Å². The summed E-state index contributed by atoms with van der Waals surface area (Å²) in [6.07, 6.45) is 0.863. The Balaban J connectivity index is 2.88. The molecule has 0 aliphatic carbocycles. The van der Waals surface area contributed by atoms with Crippen LogP contribution in [0.15, 0.2) is 14.7 Å². The van der Waals surface area contributed by atoms with E-state index in [1.165, 1.54) is 15.6 Å². The molecule has 0 fully saturated rings. The summed E-state index contributed by atoms with van der Waals surface area (Å²) >= 11 is 4.85. The smallest absolute Gasteiger partial charge is 0.244 e. The van der Waals surface area contributed by atoms with E-state index in [2.05, 4.69) is 35.1 Å². The van der Waals surface area contributed by atoms with Gasteiger partial charge in [0, 0.05) is 25.0 Å². The van der Waals surface area contributed by atoms with Gasteiger partial charge in [0.25, 0.3) is 0 Å². The molecule has 0 radical (unpaired) electrons. The Morgan fingerprint density at radius 2 is 2.10 bits per heavy atom. The Morgan fingerprint density at radius 1 is 1.45 bits per heavy atom. The third-order valence-electron chi connectivity index (χ3n) is 2.97. The molecular weight excluding hydrogens is 360 g/mol. The van der Waals surface area contributed by atoms with E-state index >= 15 is 0 Å². The molecule has 0 aromatic carbocycles. The van der Waals surface area contributed by atoms with Crippen LogP contribution < -0.4 is 5.32 Å². The van der Waals surface area contributed by atoms with Crippen LogP contribution in [0, 0.1) is 5.92 Å². The minimum Gasteiger partial charge on any atom is -0.312 e. The third-order valence-corrected chi connectivity index (χ3v) is 7.07. The van der Waals surface area contributed by atoms with Gasteiger partial charge in [-0.1, -0.05) is 20.8 Å². The summed E-state index contributed by atoms with van der Waals surface area (Å²) in [7, 11) is -1.76. The maximum Gasteiger partial charge on any atom is 0.244 e. The third kappa shape index (κ3) is 4.80. The summed E-state index contributed by atoms with van der Waals surface area (Å²) in [6.45, 7) is 8.33. The van der Waals surface area contributed by atoms with Crippen LogP contribution in [0.2, 0.25) is 0 Å². The minimum absolute atomic E-state index is 0.377. The second-order valence-corrected chi connectivity index (χ2v) is 9.61. The molecule has 0 aliphatic rings.